The van der Waals surface area contributed by atoms with Gasteiger partial charge in [-0.25, -0.2) is 0 Å². The van der Waals surface area contributed by atoms with Crippen molar-refractivity contribution >= 4 is 17.5 Å². The highest BCUT2D eigenvalue weighted by Crippen LogP contribution is 2.09. The molecule has 0 atom stereocenters. The number of hydrogen-bond acceptors (Lipinski definition) is 1. The number of nitrogens with zero attached hydrogens (tertiary/aromatic N) is 1. The minimum absolute atomic E-state index is 0.0965. The van der Waals surface area contributed by atoms with Crippen molar-refractivity contribution in [2.45, 2.75) is 39.5 Å². The van der Waals surface area contributed by atoms with E-state index >= 15 is 0 Å². The van der Waals surface area contributed by atoms with Crippen LogP contribution in [0, 0.1) is 5.92 Å². The largest absolute Gasteiger partial charge is 0.315 e. The smallest absolute Gasteiger partial charge is 0.249 e. The van der Waals surface area contributed by atoms with Crippen LogP contribution in [0.1, 0.15) is 39.5 Å². The zero-order chi connectivity index (χ0) is 12.4. The lowest BCUT2D eigenvalue weighted by Crippen LogP contribution is -2.24. The molecule has 0 aliphatic carbocycles. The van der Waals surface area contributed by atoms with Gasteiger partial charge in [-0.15, -0.1) is 0 Å². The van der Waals surface area contributed by atoms with Gasteiger partial charge >= 0.3 is 0 Å². The molecule has 0 saturated carbocycles. The van der Waals surface area contributed by atoms with Crippen molar-refractivity contribution in [2.75, 3.05) is 6.54 Å². The predicted octanol–water partition coefficient (Wildman–Crippen LogP) is 3.93. The van der Waals surface area contributed by atoms with Crippen molar-refractivity contribution in [1.82, 2.24) is 4.90 Å². The molecule has 0 unspecified atom stereocenters. The molecule has 0 N–H and O–H groups in total. The van der Waals surface area contributed by atoms with Crippen LogP contribution in [0.3, 0.4) is 0 Å². The normalized spacial score (nSPS) is 11.0. The van der Waals surface area contributed by atoms with E-state index in [1.807, 2.05) is 0 Å². The molecule has 3 heteroatoms. The van der Waals surface area contributed by atoms with Gasteiger partial charge in [0.05, 0.1) is 0 Å². The molecular weight excluding hydrogens is 222 g/mol. The molecule has 0 bridgehead atoms. The van der Waals surface area contributed by atoms with E-state index in [2.05, 4.69) is 20.4 Å². The van der Waals surface area contributed by atoms with Gasteiger partial charge in [0.15, 0.2) is 0 Å². The number of carbonyl (C=O) groups is 1. The molecule has 16 heavy (non-hydrogen) atoms. The van der Waals surface area contributed by atoms with Gasteiger partial charge in [0.2, 0.25) is 5.91 Å². The Morgan fingerprint density at radius 3 is 2.56 bits per heavy atom. The van der Waals surface area contributed by atoms with E-state index in [1.165, 1.54) is 24.5 Å². The van der Waals surface area contributed by atoms with E-state index in [0.29, 0.717) is 6.54 Å². The van der Waals surface area contributed by atoms with Gasteiger partial charge in [0.25, 0.3) is 0 Å². The number of halogens is 1. The Balaban J connectivity index is 3.77. The van der Waals surface area contributed by atoms with Crippen LogP contribution >= 0.6 is 11.6 Å². The molecule has 1 amide bonds. The van der Waals surface area contributed by atoms with E-state index in [9.17, 15) is 4.79 Å². The highest BCUT2D eigenvalue weighted by Gasteiger charge is 2.05. The minimum atomic E-state index is -0.0965. The van der Waals surface area contributed by atoms with Crippen molar-refractivity contribution in [3.63, 3.8) is 0 Å². The maximum absolute atomic E-state index is 11.4. The fourth-order valence-corrected chi connectivity index (χ4v) is 1.59. The Bertz CT molecular complexity index is 236. The van der Waals surface area contributed by atoms with Crippen molar-refractivity contribution in [3.05, 3.63) is 24.4 Å². The topological polar surface area (TPSA) is 20.3 Å². The summed E-state index contributed by atoms with van der Waals surface area (Å²) in [6.45, 7) is 8.63. The summed E-state index contributed by atoms with van der Waals surface area (Å²) >= 11 is 5.47. The number of amides is 1. The quantitative estimate of drug-likeness (QED) is 0.467. The monoisotopic (exact) mass is 243 g/mol. The molecule has 0 fully saturated rings. The first-order valence-corrected chi connectivity index (χ1v) is 6.25. The number of hydrogen-bond donors (Lipinski definition) is 0. The van der Waals surface area contributed by atoms with Crippen LogP contribution in [0.4, 0.5) is 0 Å². The first-order valence-electron chi connectivity index (χ1n) is 5.81. The maximum atomic E-state index is 11.4. The van der Waals surface area contributed by atoms with Crippen LogP contribution < -0.4 is 0 Å². The lowest BCUT2D eigenvalue weighted by Gasteiger charge is -2.15. The fraction of sp³-hybridized carbons (Fsp3) is 0.615. The summed E-state index contributed by atoms with van der Waals surface area (Å²) in [6.07, 6.45) is 7.53. The Kier molecular flexibility index (Phi) is 9.02. The van der Waals surface area contributed by atoms with Crippen LogP contribution in [0.25, 0.3) is 0 Å². The average Bonchev–Trinajstić information content (AvgIpc) is 2.25. The second-order valence-electron chi connectivity index (χ2n) is 4.25. The minimum Gasteiger partial charge on any atom is -0.315 e. The predicted molar refractivity (Wildman–Crippen MR) is 70.2 cm³/mol. The van der Waals surface area contributed by atoms with Crippen LogP contribution in [0.2, 0.25) is 0 Å². The van der Waals surface area contributed by atoms with Crippen LogP contribution in [-0.2, 0) is 4.79 Å². The zero-order valence-electron chi connectivity index (χ0n) is 10.3. The summed E-state index contributed by atoms with van der Waals surface area (Å²) in [5, 5.41) is 0. The fourth-order valence-electron chi connectivity index (χ4n) is 1.45. The van der Waals surface area contributed by atoms with Gasteiger partial charge in [-0.05, 0) is 18.4 Å². The summed E-state index contributed by atoms with van der Waals surface area (Å²) in [5.74, 6) is 0.661. The molecule has 0 aromatic carbocycles. The lowest BCUT2D eigenvalue weighted by molar-refractivity contribution is -0.123. The SMILES string of the molecule is C=CC(=O)N(/C=C/Cl)CCCCCC(C)C. The standard InChI is InChI=1S/C13H22ClNO/c1-4-13(16)15(11-9-14)10-7-5-6-8-12(2)3/h4,9,11-12H,1,5-8,10H2,2-3H3/b11-9+. The molecule has 0 heterocycles. The van der Waals surface area contributed by atoms with Crippen LogP contribution in [0.5, 0.6) is 0 Å². The summed E-state index contributed by atoms with van der Waals surface area (Å²) < 4.78 is 0. The molecule has 0 spiro atoms. The molecule has 92 valence electrons. The molecule has 0 aromatic heterocycles. The Hall–Kier alpha value is -0.760. The average molecular weight is 244 g/mol. The third-order valence-corrected chi connectivity index (χ3v) is 2.49. The third-order valence-electron chi connectivity index (χ3n) is 2.37. The van der Waals surface area contributed by atoms with Crippen molar-refractivity contribution < 1.29 is 4.79 Å². The molecule has 0 saturated heterocycles. The van der Waals surface area contributed by atoms with Crippen molar-refractivity contribution in [3.8, 4) is 0 Å². The van der Waals surface area contributed by atoms with Crippen molar-refractivity contribution in [2.24, 2.45) is 5.92 Å². The molecule has 0 aliphatic heterocycles. The van der Waals surface area contributed by atoms with Gasteiger partial charge in [-0.1, -0.05) is 51.3 Å². The lowest BCUT2D eigenvalue weighted by atomic mass is 10.1. The highest BCUT2D eigenvalue weighted by molar-refractivity contribution is 6.25. The molecule has 2 nitrogen and oxygen atoms in total. The van der Waals surface area contributed by atoms with E-state index < -0.39 is 0 Å². The van der Waals surface area contributed by atoms with Gasteiger partial charge in [0.1, 0.15) is 0 Å². The number of carbonyl (C=O) groups excluding carboxylic acids is 1. The number of unbranched alkanes of at least 4 members (excludes halogenated alkanes) is 2. The Labute approximate surface area is 104 Å². The summed E-state index contributed by atoms with van der Waals surface area (Å²) in [7, 11) is 0. The number of rotatable bonds is 8. The summed E-state index contributed by atoms with van der Waals surface area (Å²) in [4.78, 5) is 13.0. The first-order chi connectivity index (χ1) is 7.61. The van der Waals surface area contributed by atoms with E-state index in [-0.39, 0.29) is 5.91 Å². The van der Waals surface area contributed by atoms with E-state index in [4.69, 9.17) is 11.6 Å². The van der Waals surface area contributed by atoms with Gasteiger partial charge < -0.3 is 4.90 Å². The van der Waals surface area contributed by atoms with E-state index in [0.717, 1.165) is 18.8 Å². The second-order valence-corrected chi connectivity index (χ2v) is 4.51. The van der Waals surface area contributed by atoms with Crippen LogP contribution in [-0.4, -0.2) is 17.4 Å². The van der Waals surface area contributed by atoms with Gasteiger partial charge in [-0.2, -0.15) is 0 Å². The first kappa shape index (κ1) is 15.2. The van der Waals surface area contributed by atoms with Gasteiger partial charge in [0, 0.05) is 18.3 Å². The second kappa shape index (κ2) is 9.46. The highest BCUT2D eigenvalue weighted by atomic mass is 35.5. The Morgan fingerprint density at radius 1 is 1.38 bits per heavy atom. The Morgan fingerprint density at radius 2 is 2.06 bits per heavy atom. The molecular formula is C13H22ClNO. The van der Waals surface area contributed by atoms with Crippen molar-refractivity contribution in [1.29, 1.82) is 0 Å². The summed E-state index contributed by atoms with van der Waals surface area (Å²) in [5.41, 5.74) is 1.36. The molecule has 0 aromatic rings. The molecule has 0 rings (SSSR count). The molecule has 0 radical (unpaired) electrons. The van der Waals surface area contributed by atoms with E-state index in [1.54, 1.807) is 11.1 Å². The van der Waals surface area contributed by atoms with Gasteiger partial charge in [-0.3, -0.25) is 4.79 Å². The van der Waals surface area contributed by atoms with Crippen LogP contribution in [0.15, 0.2) is 24.4 Å². The third kappa shape index (κ3) is 7.52. The molecule has 0 aliphatic rings. The maximum Gasteiger partial charge on any atom is 0.249 e. The zero-order valence-corrected chi connectivity index (χ0v) is 11.0. The summed E-state index contributed by atoms with van der Waals surface area (Å²) in [6, 6.07) is 0.